The maximum absolute atomic E-state index is 6.32. The first kappa shape index (κ1) is 29.8. The Kier molecular flexibility index (Phi) is 7.53. The summed E-state index contributed by atoms with van der Waals surface area (Å²) in [5, 5.41) is 3.21. The van der Waals surface area contributed by atoms with Crippen LogP contribution in [-0.4, -0.2) is 14.5 Å². The monoisotopic (exact) mass is 659 g/mol. The molecule has 2 aromatic heterocycles. The zero-order valence-electron chi connectivity index (χ0n) is 27.0. The molecular weight excluding hydrogens is 630 g/mol. The number of hydrogen-bond donors (Lipinski definition) is 0. The fraction of sp³-hybridized carbons (Fsp3) is 0. The van der Waals surface area contributed by atoms with E-state index < -0.39 is 0 Å². The van der Waals surface area contributed by atoms with Gasteiger partial charge in [-0.25, -0.2) is 9.97 Å². The van der Waals surface area contributed by atoms with Crippen molar-refractivity contribution in [3.8, 4) is 61.8 Å². The molecule has 0 saturated heterocycles. The van der Waals surface area contributed by atoms with Crippen LogP contribution in [0.5, 0.6) is 0 Å². The lowest BCUT2D eigenvalue weighted by Crippen LogP contribution is -1.96. The number of aromatic nitrogens is 3. The average Bonchev–Trinajstić information content (AvgIpc) is 3.53. The molecule has 3 nitrogen and oxygen atoms in total. The molecule has 0 N–H and O–H groups in total. The van der Waals surface area contributed by atoms with E-state index in [4.69, 9.17) is 21.6 Å². The maximum atomic E-state index is 6.32. The molecule has 0 amide bonds. The van der Waals surface area contributed by atoms with Gasteiger partial charge in [0.25, 0.3) is 0 Å². The van der Waals surface area contributed by atoms with E-state index in [-0.39, 0.29) is 0 Å². The van der Waals surface area contributed by atoms with Gasteiger partial charge in [0.1, 0.15) is 0 Å². The molecule has 0 atom stereocenters. The summed E-state index contributed by atoms with van der Waals surface area (Å²) in [5.74, 6) is 0.691. The third kappa shape index (κ3) is 5.54. The van der Waals surface area contributed by atoms with Gasteiger partial charge in [-0.2, -0.15) is 0 Å². The maximum Gasteiger partial charge on any atom is 0.160 e. The summed E-state index contributed by atoms with van der Waals surface area (Å²) in [5.41, 5.74) is 12.7. The molecule has 0 fully saturated rings. The van der Waals surface area contributed by atoms with Gasteiger partial charge in [-0.15, -0.1) is 0 Å². The molecule has 0 bridgehead atoms. The minimum atomic E-state index is 0.691. The van der Waals surface area contributed by atoms with E-state index in [9.17, 15) is 0 Å². The summed E-state index contributed by atoms with van der Waals surface area (Å²) in [6, 6.07) is 63.4. The van der Waals surface area contributed by atoms with Crippen molar-refractivity contribution < 1.29 is 0 Å². The molecule has 9 aromatic rings. The Bertz CT molecular complexity index is 2510. The lowest BCUT2D eigenvalue weighted by Gasteiger charge is -2.14. The first-order chi connectivity index (χ1) is 24.7. The molecule has 236 valence electrons. The highest BCUT2D eigenvalue weighted by atomic mass is 35.5. The third-order valence-corrected chi connectivity index (χ3v) is 9.52. The second-order valence-corrected chi connectivity index (χ2v) is 12.9. The molecule has 0 aliphatic heterocycles. The first-order valence-corrected chi connectivity index (χ1v) is 17.1. The van der Waals surface area contributed by atoms with E-state index in [1.165, 1.54) is 21.8 Å². The second-order valence-electron chi connectivity index (χ2n) is 12.4. The van der Waals surface area contributed by atoms with Crippen LogP contribution in [0.25, 0.3) is 83.6 Å². The van der Waals surface area contributed by atoms with E-state index in [0.717, 1.165) is 56.0 Å². The van der Waals surface area contributed by atoms with Crippen molar-refractivity contribution in [1.29, 1.82) is 0 Å². The van der Waals surface area contributed by atoms with Crippen LogP contribution in [0.4, 0.5) is 0 Å². The molecule has 9 rings (SSSR count). The predicted octanol–water partition coefficient (Wildman–Crippen LogP) is 12.6. The van der Waals surface area contributed by atoms with Crippen molar-refractivity contribution in [2.24, 2.45) is 0 Å². The Morgan fingerprint density at radius 2 is 0.820 bits per heavy atom. The zero-order chi connectivity index (χ0) is 33.4. The molecule has 7 aromatic carbocycles. The van der Waals surface area contributed by atoms with E-state index in [1.54, 1.807) is 0 Å². The van der Waals surface area contributed by atoms with Gasteiger partial charge in [-0.1, -0.05) is 133 Å². The van der Waals surface area contributed by atoms with Crippen LogP contribution in [0.1, 0.15) is 0 Å². The van der Waals surface area contributed by atoms with Crippen molar-refractivity contribution in [2.75, 3.05) is 0 Å². The standard InChI is InChI=1S/C46H30ClN3/c47-38-23-19-31(20-24-38)35-27-36(32-21-25-39(26-22-32)50-44-17-9-7-15-40(44)41-16-8-10-18-45(41)50)29-37(28-35)43-30-42(33-11-3-1-4-12-33)48-46(49-43)34-13-5-2-6-14-34/h1-30H. The Balaban J connectivity index is 1.21. The molecule has 0 aliphatic carbocycles. The number of nitrogens with zero attached hydrogens (tertiary/aromatic N) is 3. The number of fused-ring (bicyclic) bond motifs is 3. The molecule has 2 heterocycles. The highest BCUT2D eigenvalue weighted by Crippen LogP contribution is 2.36. The molecular formula is C46H30ClN3. The van der Waals surface area contributed by atoms with Crippen LogP contribution >= 0.6 is 11.6 Å². The Hall–Kier alpha value is -6.29. The molecule has 0 aliphatic rings. The van der Waals surface area contributed by atoms with E-state index in [2.05, 4.69) is 138 Å². The summed E-state index contributed by atoms with van der Waals surface area (Å²) in [7, 11) is 0. The number of para-hydroxylation sites is 2. The van der Waals surface area contributed by atoms with E-state index >= 15 is 0 Å². The summed E-state index contributed by atoms with van der Waals surface area (Å²) in [4.78, 5) is 10.2. The minimum absolute atomic E-state index is 0.691. The highest BCUT2D eigenvalue weighted by Gasteiger charge is 2.15. The van der Waals surface area contributed by atoms with Gasteiger partial charge in [0.2, 0.25) is 0 Å². The Morgan fingerprint density at radius 3 is 1.40 bits per heavy atom. The fourth-order valence-electron chi connectivity index (χ4n) is 6.82. The number of rotatable bonds is 6. The number of halogens is 1. The van der Waals surface area contributed by atoms with Crippen molar-refractivity contribution in [3.63, 3.8) is 0 Å². The molecule has 50 heavy (non-hydrogen) atoms. The van der Waals surface area contributed by atoms with Gasteiger partial charge in [0.05, 0.1) is 22.4 Å². The van der Waals surface area contributed by atoms with Gasteiger partial charge >= 0.3 is 0 Å². The lowest BCUT2D eigenvalue weighted by molar-refractivity contribution is 1.18. The molecule has 0 unspecified atom stereocenters. The van der Waals surface area contributed by atoms with Crippen molar-refractivity contribution >= 4 is 33.4 Å². The van der Waals surface area contributed by atoms with Crippen LogP contribution in [-0.2, 0) is 0 Å². The summed E-state index contributed by atoms with van der Waals surface area (Å²) < 4.78 is 2.35. The van der Waals surface area contributed by atoms with Crippen molar-refractivity contribution in [2.45, 2.75) is 0 Å². The van der Waals surface area contributed by atoms with Gasteiger partial charge in [0.15, 0.2) is 5.82 Å². The molecule has 0 radical (unpaired) electrons. The van der Waals surface area contributed by atoms with Crippen LogP contribution in [0, 0.1) is 0 Å². The van der Waals surface area contributed by atoms with E-state index in [0.29, 0.717) is 10.8 Å². The summed E-state index contributed by atoms with van der Waals surface area (Å²) in [6.07, 6.45) is 0. The molecule has 4 heteroatoms. The van der Waals surface area contributed by atoms with Crippen LogP contribution < -0.4 is 0 Å². The fourth-order valence-corrected chi connectivity index (χ4v) is 6.95. The smallest absolute Gasteiger partial charge is 0.160 e. The second kappa shape index (κ2) is 12.6. The topological polar surface area (TPSA) is 30.7 Å². The lowest BCUT2D eigenvalue weighted by atomic mass is 9.94. The molecule has 0 saturated carbocycles. The van der Waals surface area contributed by atoms with E-state index in [1.807, 2.05) is 48.5 Å². The number of benzene rings is 7. The van der Waals surface area contributed by atoms with Crippen molar-refractivity contribution in [1.82, 2.24) is 14.5 Å². The summed E-state index contributed by atoms with van der Waals surface area (Å²) >= 11 is 6.32. The largest absolute Gasteiger partial charge is 0.309 e. The van der Waals surface area contributed by atoms with Gasteiger partial charge < -0.3 is 4.57 Å². The van der Waals surface area contributed by atoms with Gasteiger partial charge in [-0.3, -0.25) is 0 Å². The first-order valence-electron chi connectivity index (χ1n) is 16.7. The van der Waals surface area contributed by atoms with Crippen LogP contribution in [0.3, 0.4) is 0 Å². The van der Waals surface area contributed by atoms with Crippen LogP contribution in [0.15, 0.2) is 182 Å². The van der Waals surface area contributed by atoms with Crippen molar-refractivity contribution in [3.05, 3.63) is 187 Å². The minimum Gasteiger partial charge on any atom is -0.309 e. The van der Waals surface area contributed by atoms with Crippen LogP contribution in [0.2, 0.25) is 5.02 Å². The molecule has 0 spiro atoms. The predicted molar refractivity (Wildman–Crippen MR) is 209 cm³/mol. The highest BCUT2D eigenvalue weighted by molar-refractivity contribution is 6.30. The third-order valence-electron chi connectivity index (χ3n) is 9.27. The Morgan fingerprint density at radius 1 is 0.360 bits per heavy atom. The quantitative estimate of drug-likeness (QED) is 0.178. The van der Waals surface area contributed by atoms with Gasteiger partial charge in [0, 0.05) is 38.2 Å². The number of hydrogen-bond acceptors (Lipinski definition) is 2. The SMILES string of the molecule is Clc1ccc(-c2cc(-c3ccc(-n4c5ccccc5c5ccccc54)cc3)cc(-c3cc(-c4ccccc4)nc(-c4ccccc4)n3)c2)cc1. The average molecular weight is 660 g/mol. The zero-order valence-corrected chi connectivity index (χ0v) is 27.8. The summed E-state index contributed by atoms with van der Waals surface area (Å²) in [6.45, 7) is 0. The van der Waals surface area contributed by atoms with Gasteiger partial charge in [-0.05, 0) is 82.9 Å². The Labute approximate surface area is 295 Å². The normalized spacial score (nSPS) is 11.3.